The van der Waals surface area contributed by atoms with Gasteiger partial charge in [0.2, 0.25) is 0 Å². The van der Waals surface area contributed by atoms with E-state index in [-0.39, 0.29) is 10.5 Å². The van der Waals surface area contributed by atoms with Gasteiger partial charge in [-0.05, 0) is 6.07 Å². The fourth-order valence-corrected chi connectivity index (χ4v) is 1.11. The van der Waals surface area contributed by atoms with Crippen LogP contribution in [0, 0.1) is 0 Å². The number of hydrogen-bond acceptors (Lipinski definition) is 2. The van der Waals surface area contributed by atoms with Crippen LogP contribution in [0.25, 0.3) is 11.0 Å². The summed E-state index contributed by atoms with van der Waals surface area (Å²) in [5.74, 6) is 0. The lowest BCUT2D eigenvalue weighted by molar-refractivity contribution is 0.319. The standard InChI is InChI=1S/C7H6FN3O/c1-10-6-4-11(8)9-5(6)2-3-7(10)12/h2-4H,1H3. The van der Waals surface area contributed by atoms with E-state index in [4.69, 9.17) is 0 Å². The van der Waals surface area contributed by atoms with Crippen molar-refractivity contribution >= 4 is 11.0 Å². The zero-order chi connectivity index (χ0) is 8.72. The van der Waals surface area contributed by atoms with Crippen molar-refractivity contribution in [2.24, 2.45) is 7.05 Å². The third-order valence-corrected chi connectivity index (χ3v) is 1.77. The summed E-state index contributed by atoms with van der Waals surface area (Å²) in [6.07, 6.45) is 1.16. The van der Waals surface area contributed by atoms with Crippen LogP contribution in [-0.2, 0) is 7.05 Å². The molecule has 0 saturated carbocycles. The second-order valence-electron chi connectivity index (χ2n) is 2.52. The topological polar surface area (TPSA) is 39.8 Å². The number of aryl methyl sites for hydroxylation is 1. The van der Waals surface area contributed by atoms with Crippen molar-refractivity contribution in [2.75, 3.05) is 0 Å². The summed E-state index contributed by atoms with van der Waals surface area (Å²) < 4.78 is 13.9. The van der Waals surface area contributed by atoms with E-state index in [2.05, 4.69) is 5.10 Å². The van der Waals surface area contributed by atoms with Gasteiger partial charge in [-0.25, -0.2) is 0 Å². The molecule has 0 bridgehead atoms. The molecule has 2 aromatic rings. The first-order valence-corrected chi connectivity index (χ1v) is 3.40. The average Bonchev–Trinajstić information content (AvgIpc) is 2.39. The monoisotopic (exact) mass is 167 g/mol. The van der Waals surface area contributed by atoms with Gasteiger partial charge in [0.05, 0.1) is 11.7 Å². The molecule has 12 heavy (non-hydrogen) atoms. The highest BCUT2D eigenvalue weighted by molar-refractivity contribution is 5.73. The van der Waals surface area contributed by atoms with Crippen molar-refractivity contribution in [3.8, 4) is 0 Å². The Morgan fingerprint density at radius 3 is 3.00 bits per heavy atom. The Hall–Kier alpha value is -1.65. The molecule has 0 amide bonds. The van der Waals surface area contributed by atoms with Crippen LogP contribution in [0.1, 0.15) is 0 Å². The van der Waals surface area contributed by atoms with Crippen molar-refractivity contribution in [3.05, 3.63) is 28.7 Å². The highest BCUT2D eigenvalue weighted by Gasteiger charge is 2.02. The second-order valence-corrected chi connectivity index (χ2v) is 2.52. The Kier molecular flexibility index (Phi) is 1.27. The van der Waals surface area contributed by atoms with Crippen LogP contribution in [0.15, 0.2) is 23.1 Å². The first-order chi connectivity index (χ1) is 5.68. The van der Waals surface area contributed by atoms with E-state index in [9.17, 15) is 9.28 Å². The molecule has 0 N–H and O–H groups in total. The molecule has 0 radical (unpaired) electrons. The molecule has 62 valence electrons. The third kappa shape index (κ3) is 0.827. The number of fused-ring (bicyclic) bond motifs is 1. The van der Waals surface area contributed by atoms with Crippen LogP contribution >= 0.6 is 0 Å². The summed E-state index contributed by atoms with van der Waals surface area (Å²) in [6, 6.07) is 2.85. The predicted octanol–water partition coefficient (Wildman–Crippen LogP) is 0.468. The van der Waals surface area contributed by atoms with Gasteiger partial charge in [-0.2, -0.15) is 0 Å². The van der Waals surface area contributed by atoms with Gasteiger partial charge in [0.1, 0.15) is 5.52 Å². The lowest BCUT2D eigenvalue weighted by Gasteiger charge is -1.94. The normalized spacial score (nSPS) is 10.8. The molecule has 0 atom stereocenters. The molecule has 0 aromatic carbocycles. The van der Waals surface area contributed by atoms with Crippen LogP contribution in [0.4, 0.5) is 4.48 Å². The zero-order valence-electron chi connectivity index (χ0n) is 6.36. The third-order valence-electron chi connectivity index (χ3n) is 1.77. The maximum atomic E-state index is 12.5. The summed E-state index contributed by atoms with van der Waals surface area (Å²) in [5, 5.41) is 3.51. The minimum Gasteiger partial charge on any atom is -0.308 e. The molecule has 0 aliphatic carbocycles. The van der Waals surface area contributed by atoms with E-state index in [1.165, 1.54) is 16.7 Å². The molecular weight excluding hydrogens is 161 g/mol. The largest absolute Gasteiger partial charge is 0.308 e. The van der Waals surface area contributed by atoms with Crippen LogP contribution < -0.4 is 5.56 Å². The lowest BCUT2D eigenvalue weighted by Crippen LogP contribution is -2.14. The van der Waals surface area contributed by atoms with Crippen molar-refractivity contribution < 1.29 is 4.48 Å². The highest BCUT2D eigenvalue weighted by atomic mass is 19.2. The van der Waals surface area contributed by atoms with Crippen LogP contribution in [-0.4, -0.2) is 14.6 Å². The van der Waals surface area contributed by atoms with Crippen molar-refractivity contribution in [1.82, 2.24) is 14.6 Å². The summed E-state index contributed by atoms with van der Waals surface area (Å²) in [6.45, 7) is 0. The van der Waals surface area contributed by atoms with Gasteiger partial charge in [-0.1, -0.05) is 4.48 Å². The van der Waals surface area contributed by atoms with Gasteiger partial charge in [0.25, 0.3) is 5.56 Å². The molecule has 5 heteroatoms. The fourth-order valence-electron chi connectivity index (χ4n) is 1.11. The van der Waals surface area contributed by atoms with Gasteiger partial charge in [-0.15, -0.1) is 10.0 Å². The Morgan fingerprint density at radius 1 is 1.50 bits per heavy atom. The number of hydrogen-bond donors (Lipinski definition) is 0. The number of halogens is 1. The predicted molar refractivity (Wildman–Crippen MR) is 41.5 cm³/mol. The van der Waals surface area contributed by atoms with Crippen molar-refractivity contribution in [1.29, 1.82) is 0 Å². The lowest BCUT2D eigenvalue weighted by atomic mass is 10.4. The second kappa shape index (κ2) is 2.17. The van der Waals surface area contributed by atoms with E-state index in [0.717, 1.165) is 6.20 Å². The Morgan fingerprint density at radius 2 is 2.25 bits per heavy atom. The minimum absolute atomic E-state index is 0.171. The number of nitrogens with zero attached hydrogens (tertiary/aromatic N) is 3. The molecular formula is C7H6FN3O. The number of aromatic nitrogens is 3. The van der Waals surface area contributed by atoms with Gasteiger partial charge >= 0.3 is 0 Å². The van der Waals surface area contributed by atoms with Crippen LogP contribution in [0.2, 0.25) is 0 Å². The van der Waals surface area contributed by atoms with Crippen molar-refractivity contribution in [2.45, 2.75) is 0 Å². The molecule has 2 rings (SSSR count). The number of rotatable bonds is 0. The zero-order valence-corrected chi connectivity index (χ0v) is 6.36. The fraction of sp³-hybridized carbons (Fsp3) is 0.143. The van der Waals surface area contributed by atoms with Gasteiger partial charge in [0.15, 0.2) is 0 Å². The van der Waals surface area contributed by atoms with E-state index in [1.807, 2.05) is 0 Å². The Bertz CT molecular complexity index is 485. The summed E-state index contributed by atoms with van der Waals surface area (Å²) in [7, 11) is 1.58. The van der Waals surface area contributed by atoms with Gasteiger partial charge in [-0.3, -0.25) is 4.79 Å². The van der Waals surface area contributed by atoms with Crippen molar-refractivity contribution in [3.63, 3.8) is 0 Å². The molecule has 0 aliphatic rings. The molecule has 0 aliphatic heterocycles. The van der Waals surface area contributed by atoms with E-state index in [0.29, 0.717) is 11.0 Å². The van der Waals surface area contributed by atoms with Crippen LogP contribution in [0.3, 0.4) is 0 Å². The van der Waals surface area contributed by atoms with E-state index < -0.39 is 0 Å². The summed E-state index contributed by atoms with van der Waals surface area (Å²) >= 11 is 0. The van der Waals surface area contributed by atoms with E-state index >= 15 is 0 Å². The molecule has 0 saturated heterocycles. The molecule has 4 nitrogen and oxygen atoms in total. The Balaban J connectivity index is 2.99. The van der Waals surface area contributed by atoms with E-state index in [1.54, 1.807) is 7.05 Å². The summed E-state index contributed by atoms with van der Waals surface area (Å²) in [5.41, 5.74) is 0.792. The quantitative estimate of drug-likeness (QED) is 0.572. The maximum Gasteiger partial charge on any atom is 0.250 e. The van der Waals surface area contributed by atoms with Gasteiger partial charge < -0.3 is 4.57 Å². The molecule has 0 spiro atoms. The molecule has 2 aromatic heterocycles. The molecule has 2 heterocycles. The highest BCUT2D eigenvalue weighted by Crippen LogP contribution is 2.07. The summed E-state index contributed by atoms with van der Waals surface area (Å²) in [4.78, 5) is 11.2. The van der Waals surface area contributed by atoms with Crippen LogP contribution in [0.5, 0.6) is 0 Å². The Labute approximate surface area is 66.8 Å². The molecule has 0 fully saturated rings. The minimum atomic E-state index is -0.171. The average molecular weight is 167 g/mol. The molecule has 0 unspecified atom stereocenters. The van der Waals surface area contributed by atoms with Gasteiger partial charge in [0, 0.05) is 13.1 Å². The first-order valence-electron chi connectivity index (χ1n) is 3.40. The maximum absolute atomic E-state index is 12.5. The smallest absolute Gasteiger partial charge is 0.250 e. The first kappa shape index (κ1) is 7.02. The number of pyridine rings is 1. The SMILES string of the molecule is Cn1c(=O)ccc2nn(F)cc21.